The lowest BCUT2D eigenvalue weighted by molar-refractivity contribution is 0.152. The highest BCUT2D eigenvalue weighted by Crippen LogP contribution is 2.20. The average molecular weight is 279 g/mol. The van der Waals surface area contributed by atoms with E-state index in [9.17, 15) is 9.18 Å². The van der Waals surface area contributed by atoms with Gasteiger partial charge in [0.25, 0.3) is 5.89 Å². The van der Waals surface area contributed by atoms with Gasteiger partial charge < -0.3 is 14.5 Å². The first kappa shape index (κ1) is 14.0. The molecule has 1 amide bonds. The molecule has 2 rings (SSSR count). The SMILES string of the molecule is CCOC(=O)NCCc1nnc(-c2ccccc2F)o1. The number of hydrogen-bond donors (Lipinski definition) is 1. The lowest BCUT2D eigenvalue weighted by atomic mass is 10.2. The van der Waals surface area contributed by atoms with Crippen molar-refractivity contribution in [2.45, 2.75) is 13.3 Å². The summed E-state index contributed by atoms with van der Waals surface area (Å²) >= 11 is 0. The average Bonchev–Trinajstić information content (AvgIpc) is 2.88. The molecule has 1 aromatic carbocycles. The summed E-state index contributed by atoms with van der Waals surface area (Å²) in [7, 11) is 0. The van der Waals surface area contributed by atoms with Crippen LogP contribution < -0.4 is 5.32 Å². The molecule has 1 aromatic heterocycles. The molecular weight excluding hydrogens is 265 g/mol. The fraction of sp³-hybridized carbons (Fsp3) is 0.308. The Hall–Kier alpha value is -2.44. The molecule has 7 heteroatoms. The summed E-state index contributed by atoms with van der Waals surface area (Å²) in [5.41, 5.74) is 0.254. The van der Waals surface area contributed by atoms with Gasteiger partial charge in [-0.1, -0.05) is 12.1 Å². The van der Waals surface area contributed by atoms with Gasteiger partial charge in [0.1, 0.15) is 5.82 Å². The number of aromatic nitrogens is 2. The Morgan fingerprint density at radius 2 is 2.20 bits per heavy atom. The summed E-state index contributed by atoms with van der Waals surface area (Å²) in [5.74, 6) is 0.0154. The number of ether oxygens (including phenoxy) is 1. The van der Waals surface area contributed by atoms with E-state index in [2.05, 4.69) is 15.5 Å². The van der Waals surface area contributed by atoms with Crippen molar-refractivity contribution in [1.82, 2.24) is 15.5 Å². The van der Waals surface area contributed by atoms with Crippen molar-refractivity contribution in [3.63, 3.8) is 0 Å². The Balaban J connectivity index is 1.93. The van der Waals surface area contributed by atoms with Gasteiger partial charge in [-0.05, 0) is 19.1 Å². The van der Waals surface area contributed by atoms with E-state index in [-0.39, 0.29) is 11.5 Å². The van der Waals surface area contributed by atoms with Crippen LogP contribution in [0.1, 0.15) is 12.8 Å². The largest absolute Gasteiger partial charge is 0.450 e. The number of nitrogens with one attached hydrogen (secondary N) is 1. The summed E-state index contributed by atoms with van der Waals surface area (Å²) in [4.78, 5) is 11.1. The van der Waals surface area contributed by atoms with Crippen molar-refractivity contribution in [1.29, 1.82) is 0 Å². The van der Waals surface area contributed by atoms with E-state index in [0.29, 0.717) is 25.5 Å². The van der Waals surface area contributed by atoms with E-state index in [4.69, 9.17) is 9.15 Å². The van der Waals surface area contributed by atoms with E-state index in [1.807, 2.05) is 0 Å². The molecule has 6 nitrogen and oxygen atoms in total. The Bertz CT molecular complexity index is 586. The minimum atomic E-state index is -0.499. The molecule has 0 spiro atoms. The molecule has 0 bridgehead atoms. The Morgan fingerprint density at radius 1 is 1.40 bits per heavy atom. The Kier molecular flexibility index (Phi) is 4.65. The molecule has 0 aliphatic rings. The smallest absolute Gasteiger partial charge is 0.407 e. The number of carbonyl (C=O) groups is 1. The van der Waals surface area contributed by atoms with Crippen molar-refractivity contribution < 1.29 is 18.3 Å². The second-order valence-corrected chi connectivity index (χ2v) is 3.88. The van der Waals surface area contributed by atoms with Crippen LogP contribution >= 0.6 is 0 Å². The molecule has 0 saturated carbocycles. The van der Waals surface area contributed by atoms with Gasteiger partial charge in [0.2, 0.25) is 5.89 Å². The second kappa shape index (κ2) is 6.65. The third-order valence-corrected chi connectivity index (χ3v) is 2.45. The highest BCUT2D eigenvalue weighted by Gasteiger charge is 2.12. The number of carbonyl (C=O) groups excluding carboxylic acids is 1. The van der Waals surface area contributed by atoms with Crippen LogP contribution in [0.5, 0.6) is 0 Å². The van der Waals surface area contributed by atoms with Gasteiger partial charge in [-0.25, -0.2) is 9.18 Å². The quantitative estimate of drug-likeness (QED) is 0.907. The van der Waals surface area contributed by atoms with Crippen LogP contribution in [0.2, 0.25) is 0 Å². The normalized spacial score (nSPS) is 10.3. The van der Waals surface area contributed by atoms with Crippen molar-refractivity contribution in [2.24, 2.45) is 0 Å². The molecule has 0 unspecified atom stereocenters. The number of nitrogens with zero attached hydrogens (tertiary/aromatic N) is 2. The number of benzene rings is 1. The van der Waals surface area contributed by atoms with Crippen LogP contribution in [0.4, 0.5) is 9.18 Å². The maximum Gasteiger partial charge on any atom is 0.407 e. The molecule has 106 valence electrons. The van der Waals surface area contributed by atoms with E-state index >= 15 is 0 Å². The number of amides is 1. The van der Waals surface area contributed by atoms with Gasteiger partial charge in [-0.2, -0.15) is 0 Å². The zero-order valence-electron chi connectivity index (χ0n) is 10.9. The third-order valence-electron chi connectivity index (χ3n) is 2.45. The van der Waals surface area contributed by atoms with Crippen LogP contribution in [0.15, 0.2) is 28.7 Å². The molecule has 0 fully saturated rings. The summed E-state index contributed by atoms with van der Waals surface area (Å²) in [6.45, 7) is 2.33. The summed E-state index contributed by atoms with van der Waals surface area (Å²) in [6, 6.07) is 6.15. The molecular formula is C13H14FN3O3. The third kappa shape index (κ3) is 3.53. The summed E-state index contributed by atoms with van der Waals surface area (Å²) < 4.78 is 23.6. The van der Waals surface area contributed by atoms with Crippen LogP contribution in [-0.2, 0) is 11.2 Å². The van der Waals surface area contributed by atoms with Crippen LogP contribution in [0.25, 0.3) is 11.5 Å². The number of alkyl carbamates (subject to hydrolysis) is 1. The van der Waals surface area contributed by atoms with Gasteiger partial charge in [0.15, 0.2) is 0 Å². The van der Waals surface area contributed by atoms with Gasteiger partial charge in [0.05, 0.1) is 12.2 Å². The first-order chi connectivity index (χ1) is 9.70. The van der Waals surface area contributed by atoms with Crippen molar-refractivity contribution >= 4 is 6.09 Å². The molecule has 0 saturated heterocycles. The number of rotatable bonds is 5. The fourth-order valence-electron chi connectivity index (χ4n) is 1.55. The van der Waals surface area contributed by atoms with E-state index in [1.54, 1.807) is 25.1 Å². The minimum Gasteiger partial charge on any atom is -0.450 e. The second-order valence-electron chi connectivity index (χ2n) is 3.88. The Labute approximate surface area is 115 Å². The predicted octanol–water partition coefficient (Wildman–Crippen LogP) is 2.16. The molecule has 0 aliphatic heterocycles. The van der Waals surface area contributed by atoms with E-state index in [0.717, 1.165) is 0 Å². The first-order valence-corrected chi connectivity index (χ1v) is 6.18. The maximum atomic E-state index is 13.5. The van der Waals surface area contributed by atoms with Crippen LogP contribution in [0, 0.1) is 5.82 Å². The topological polar surface area (TPSA) is 77.2 Å². The van der Waals surface area contributed by atoms with Gasteiger partial charge in [0, 0.05) is 13.0 Å². The minimum absolute atomic E-state index is 0.120. The van der Waals surface area contributed by atoms with Crippen molar-refractivity contribution in [3.8, 4) is 11.5 Å². The predicted molar refractivity (Wildman–Crippen MR) is 68.4 cm³/mol. The monoisotopic (exact) mass is 279 g/mol. The van der Waals surface area contributed by atoms with Crippen molar-refractivity contribution in [3.05, 3.63) is 36.0 Å². The molecule has 1 heterocycles. The lowest BCUT2D eigenvalue weighted by Crippen LogP contribution is -2.26. The Morgan fingerprint density at radius 3 is 2.95 bits per heavy atom. The van der Waals surface area contributed by atoms with Crippen molar-refractivity contribution in [2.75, 3.05) is 13.2 Å². The molecule has 1 N–H and O–H groups in total. The lowest BCUT2D eigenvalue weighted by Gasteiger charge is -2.02. The summed E-state index contributed by atoms with van der Waals surface area (Å²) in [6.07, 6.45) is -0.151. The molecule has 20 heavy (non-hydrogen) atoms. The molecule has 0 aliphatic carbocycles. The first-order valence-electron chi connectivity index (χ1n) is 6.18. The zero-order chi connectivity index (χ0) is 14.4. The van der Waals surface area contributed by atoms with Crippen LogP contribution in [-0.4, -0.2) is 29.4 Å². The summed E-state index contributed by atoms with van der Waals surface area (Å²) in [5, 5.41) is 10.1. The van der Waals surface area contributed by atoms with E-state index in [1.165, 1.54) is 6.07 Å². The van der Waals surface area contributed by atoms with Gasteiger partial charge in [-0.3, -0.25) is 0 Å². The number of halogens is 1. The molecule has 0 radical (unpaired) electrons. The highest BCUT2D eigenvalue weighted by atomic mass is 19.1. The van der Waals surface area contributed by atoms with E-state index < -0.39 is 11.9 Å². The standard InChI is InChI=1S/C13H14FN3O3/c1-2-19-13(18)15-8-7-11-16-17-12(20-11)9-5-3-4-6-10(9)14/h3-6H,2,7-8H2,1H3,(H,15,18). The number of hydrogen-bond acceptors (Lipinski definition) is 5. The zero-order valence-corrected chi connectivity index (χ0v) is 10.9. The van der Waals surface area contributed by atoms with Gasteiger partial charge >= 0.3 is 6.09 Å². The molecule has 2 aromatic rings. The molecule has 0 atom stereocenters. The van der Waals surface area contributed by atoms with Crippen LogP contribution in [0.3, 0.4) is 0 Å². The highest BCUT2D eigenvalue weighted by molar-refractivity contribution is 5.66. The van der Waals surface area contributed by atoms with Gasteiger partial charge in [-0.15, -0.1) is 10.2 Å². The maximum absolute atomic E-state index is 13.5. The fourth-order valence-corrected chi connectivity index (χ4v) is 1.55.